The molecule has 1 saturated carbocycles. The van der Waals surface area contributed by atoms with Crippen LogP contribution in [0.2, 0.25) is 0 Å². The molecule has 22 heavy (non-hydrogen) atoms. The van der Waals surface area contributed by atoms with Gasteiger partial charge in [0.1, 0.15) is 0 Å². The summed E-state index contributed by atoms with van der Waals surface area (Å²) in [6, 6.07) is 8.24. The van der Waals surface area contributed by atoms with Crippen LogP contribution in [0.15, 0.2) is 24.3 Å². The highest BCUT2D eigenvalue weighted by Crippen LogP contribution is 2.27. The number of hydrogen-bond acceptors (Lipinski definition) is 2. The average Bonchev–Trinajstić information content (AvgIpc) is 2.54. The minimum absolute atomic E-state index is 0.0455. The van der Waals surface area contributed by atoms with Crippen LogP contribution in [-0.4, -0.2) is 17.9 Å². The molecule has 1 heterocycles. The van der Waals surface area contributed by atoms with Gasteiger partial charge in [0.25, 0.3) is 0 Å². The van der Waals surface area contributed by atoms with Gasteiger partial charge in [0.2, 0.25) is 11.8 Å². The summed E-state index contributed by atoms with van der Waals surface area (Å²) >= 11 is 0. The third kappa shape index (κ3) is 3.67. The van der Waals surface area contributed by atoms with E-state index in [1.807, 2.05) is 24.3 Å². The van der Waals surface area contributed by atoms with Gasteiger partial charge in [-0.1, -0.05) is 37.5 Å². The van der Waals surface area contributed by atoms with Crippen LogP contribution in [0, 0.1) is 5.92 Å². The molecular formula is C18H24N2O2. The maximum Gasteiger partial charge on any atom is 0.227 e. The standard InChI is InChI=1S/C18H24N2O2/c21-17(19-15-7-2-1-3-8-15)11-10-14-12-13-6-4-5-9-16(13)20-18(14)22/h4-6,9,14-15H,1-3,7-8,10-12H2,(H,19,21)(H,20,22). The molecule has 1 aliphatic carbocycles. The highest BCUT2D eigenvalue weighted by molar-refractivity contribution is 5.96. The van der Waals surface area contributed by atoms with Crippen LogP contribution in [-0.2, 0) is 16.0 Å². The molecule has 1 aliphatic heterocycles. The van der Waals surface area contributed by atoms with Gasteiger partial charge in [0, 0.05) is 24.1 Å². The Labute approximate surface area is 131 Å². The summed E-state index contributed by atoms with van der Waals surface area (Å²) in [4.78, 5) is 24.2. The van der Waals surface area contributed by atoms with Crippen LogP contribution in [0.4, 0.5) is 5.69 Å². The smallest absolute Gasteiger partial charge is 0.227 e. The van der Waals surface area contributed by atoms with Crippen molar-refractivity contribution in [2.45, 2.75) is 57.4 Å². The van der Waals surface area contributed by atoms with Crippen molar-refractivity contribution < 1.29 is 9.59 Å². The first kappa shape index (κ1) is 15.1. The van der Waals surface area contributed by atoms with Gasteiger partial charge >= 0.3 is 0 Å². The Morgan fingerprint density at radius 2 is 1.95 bits per heavy atom. The molecule has 2 aliphatic rings. The Hall–Kier alpha value is -1.84. The molecule has 0 bridgehead atoms. The largest absolute Gasteiger partial charge is 0.353 e. The third-order valence-electron chi connectivity index (χ3n) is 4.80. The first-order valence-electron chi connectivity index (χ1n) is 8.40. The lowest BCUT2D eigenvalue weighted by atomic mass is 9.89. The second-order valence-electron chi connectivity index (χ2n) is 6.49. The molecule has 2 N–H and O–H groups in total. The number of rotatable bonds is 4. The van der Waals surface area contributed by atoms with Gasteiger partial charge in [-0.2, -0.15) is 0 Å². The van der Waals surface area contributed by atoms with Crippen molar-refractivity contribution in [1.29, 1.82) is 0 Å². The number of para-hydroxylation sites is 1. The summed E-state index contributed by atoms with van der Waals surface area (Å²) in [6.07, 6.45) is 7.72. The Balaban J connectivity index is 1.49. The van der Waals surface area contributed by atoms with Crippen molar-refractivity contribution in [3.05, 3.63) is 29.8 Å². The van der Waals surface area contributed by atoms with Gasteiger partial charge < -0.3 is 10.6 Å². The molecule has 1 aromatic carbocycles. The monoisotopic (exact) mass is 300 g/mol. The number of fused-ring (bicyclic) bond motifs is 1. The summed E-state index contributed by atoms with van der Waals surface area (Å²) in [5.41, 5.74) is 2.08. The van der Waals surface area contributed by atoms with Crippen LogP contribution in [0.1, 0.15) is 50.5 Å². The van der Waals surface area contributed by atoms with Gasteiger partial charge in [-0.05, 0) is 37.3 Å². The van der Waals surface area contributed by atoms with Crippen molar-refractivity contribution in [3.8, 4) is 0 Å². The summed E-state index contributed by atoms with van der Waals surface area (Å²) < 4.78 is 0. The zero-order valence-corrected chi connectivity index (χ0v) is 12.9. The number of carbonyl (C=O) groups is 2. The molecule has 4 heteroatoms. The second-order valence-corrected chi connectivity index (χ2v) is 6.49. The molecule has 118 valence electrons. The number of anilines is 1. The van der Waals surface area contributed by atoms with Crippen molar-refractivity contribution in [2.24, 2.45) is 5.92 Å². The number of carbonyl (C=O) groups excluding carboxylic acids is 2. The quantitative estimate of drug-likeness (QED) is 0.898. The van der Waals surface area contributed by atoms with Crippen LogP contribution in [0.3, 0.4) is 0 Å². The fourth-order valence-corrected chi connectivity index (χ4v) is 3.50. The normalized spacial score (nSPS) is 21.8. The SMILES string of the molecule is O=C(CCC1Cc2ccccc2NC1=O)NC1CCCCC1. The average molecular weight is 300 g/mol. The van der Waals surface area contributed by atoms with E-state index in [4.69, 9.17) is 0 Å². The lowest BCUT2D eigenvalue weighted by Gasteiger charge is -2.25. The van der Waals surface area contributed by atoms with Gasteiger partial charge in [-0.15, -0.1) is 0 Å². The molecule has 1 unspecified atom stereocenters. The van der Waals surface area contributed by atoms with Gasteiger partial charge in [0.15, 0.2) is 0 Å². The molecule has 1 fully saturated rings. The maximum absolute atomic E-state index is 12.1. The number of nitrogens with one attached hydrogen (secondary N) is 2. The van der Waals surface area contributed by atoms with E-state index >= 15 is 0 Å². The first-order chi connectivity index (χ1) is 10.7. The summed E-state index contributed by atoms with van der Waals surface area (Å²) in [5.74, 6) is 0.0507. The lowest BCUT2D eigenvalue weighted by molar-refractivity contribution is -0.123. The minimum atomic E-state index is -0.0907. The Bertz CT molecular complexity index is 550. The van der Waals surface area contributed by atoms with E-state index in [2.05, 4.69) is 10.6 Å². The minimum Gasteiger partial charge on any atom is -0.353 e. The highest BCUT2D eigenvalue weighted by atomic mass is 16.2. The fourth-order valence-electron chi connectivity index (χ4n) is 3.50. The molecule has 1 atom stereocenters. The topological polar surface area (TPSA) is 58.2 Å². The van der Waals surface area contributed by atoms with E-state index < -0.39 is 0 Å². The highest BCUT2D eigenvalue weighted by Gasteiger charge is 2.26. The van der Waals surface area contributed by atoms with Crippen LogP contribution in [0.25, 0.3) is 0 Å². The maximum atomic E-state index is 12.1. The second kappa shape index (κ2) is 6.95. The van der Waals surface area contributed by atoms with E-state index in [-0.39, 0.29) is 17.7 Å². The number of hydrogen-bond donors (Lipinski definition) is 2. The van der Waals surface area contributed by atoms with Crippen LogP contribution < -0.4 is 10.6 Å². The molecule has 2 amide bonds. The first-order valence-corrected chi connectivity index (χ1v) is 8.40. The molecule has 4 nitrogen and oxygen atoms in total. The van der Waals surface area contributed by atoms with E-state index in [1.165, 1.54) is 24.8 Å². The predicted octanol–water partition coefficient (Wildman–Crippen LogP) is 3.03. The van der Waals surface area contributed by atoms with E-state index in [9.17, 15) is 9.59 Å². The molecular weight excluding hydrogens is 276 g/mol. The van der Waals surface area contributed by atoms with E-state index in [0.717, 1.165) is 24.9 Å². The molecule has 0 aromatic heterocycles. The van der Waals surface area contributed by atoms with Gasteiger partial charge in [-0.25, -0.2) is 0 Å². The predicted molar refractivity (Wildman–Crippen MR) is 86.5 cm³/mol. The number of amides is 2. The third-order valence-corrected chi connectivity index (χ3v) is 4.80. The fraction of sp³-hybridized carbons (Fsp3) is 0.556. The molecule has 3 rings (SSSR count). The number of benzene rings is 1. The molecule has 0 radical (unpaired) electrons. The zero-order chi connectivity index (χ0) is 15.4. The van der Waals surface area contributed by atoms with Gasteiger partial charge in [-0.3, -0.25) is 9.59 Å². The van der Waals surface area contributed by atoms with E-state index in [0.29, 0.717) is 18.9 Å². The van der Waals surface area contributed by atoms with E-state index in [1.54, 1.807) is 0 Å². The van der Waals surface area contributed by atoms with Crippen molar-refractivity contribution in [1.82, 2.24) is 5.32 Å². The molecule has 0 spiro atoms. The lowest BCUT2D eigenvalue weighted by Crippen LogP contribution is -2.37. The molecule has 0 saturated heterocycles. The Morgan fingerprint density at radius 3 is 2.77 bits per heavy atom. The Morgan fingerprint density at radius 1 is 1.18 bits per heavy atom. The Kier molecular flexibility index (Phi) is 4.76. The van der Waals surface area contributed by atoms with Crippen molar-refractivity contribution in [3.63, 3.8) is 0 Å². The summed E-state index contributed by atoms with van der Waals surface area (Å²) in [7, 11) is 0. The zero-order valence-electron chi connectivity index (χ0n) is 12.9. The van der Waals surface area contributed by atoms with Crippen LogP contribution >= 0.6 is 0 Å². The van der Waals surface area contributed by atoms with Crippen LogP contribution in [0.5, 0.6) is 0 Å². The summed E-state index contributed by atoms with van der Waals surface area (Å²) in [6.45, 7) is 0. The van der Waals surface area contributed by atoms with Crippen molar-refractivity contribution in [2.75, 3.05) is 5.32 Å². The molecule has 1 aromatic rings. The van der Waals surface area contributed by atoms with Crippen molar-refractivity contribution >= 4 is 17.5 Å². The summed E-state index contributed by atoms with van der Waals surface area (Å²) in [5, 5.41) is 6.07. The van der Waals surface area contributed by atoms with Gasteiger partial charge in [0.05, 0.1) is 0 Å².